The van der Waals surface area contributed by atoms with E-state index in [1.165, 1.54) is 0 Å². The number of urea groups is 1. The van der Waals surface area contributed by atoms with Crippen molar-refractivity contribution in [3.63, 3.8) is 0 Å². The van der Waals surface area contributed by atoms with Gasteiger partial charge in [0.25, 0.3) is 5.91 Å². The maximum absolute atomic E-state index is 11.7. The molecule has 2 fully saturated rings. The topological polar surface area (TPSA) is 58.2 Å². The monoisotopic (exact) mass is 196 g/mol. The maximum Gasteiger partial charge on any atom is 0.322 e. The molecule has 1 saturated heterocycles. The van der Waals surface area contributed by atoms with Gasteiger partial charge in [-0.2, -0.15) is 0 Å². The second-order valence-electron chi connectivity index (χ2n) is 4.38. The lowest BCUT2D eigenvalue weighted by Crippen LogP contribution is -2.51. The van der Waals surface area contributed by atoms with E-state index in [1.54, 1.807) is 0 Å². The molecule has 4 heteroatoms. The lowest BCUT2D eigenvalue weighted by molar-refractivity contribution is -0.125. The quantitative estimate of drug-likeness (QED) is 0.571. The van der Waals surface area contributed by atoms with Crippen molar-refractivity contribution in [3.05, 3.63) is 0 Å². The summed E-state index contributed by atoms with van der Waals surface area (Å²) in [5.41, 5.74) is -0.604. The molecule has 1 heterocycles. The summed E-state index contributed by atoms with van der Waals surface area (Å²) in [5.74, 6) is 0.119. The number of amides is 3. The Balaban J connectivity index is 2.26. The highest BCUT2D eigenvalue weighted by Crippen LogP contribution is 2.34. The first-order valence-corrected chi connectivity index (χ1v) is 5.29. The summed E-state index contributed by atoms with van der Waals surface area (Å²) in [7, 11) is 0. The molecular formula is C10H16N2O2. The highest BCUT2D eigenvalue weighted by Gasteiger charge is 2.49. The van der Waals surface area contributed by atoms with Gasteiger partial charge in [0.1, 0.15) is 5.54 Å². The second-order valence-corrected chi connectivity index (χ2v) is 4.38. The van der Waals surface area contributed by atoms with E-state index < -0.39 is 5.54 Å². The van der Waals surface area contributed by atoms with E-state index in [0.29, 0.717) is 0 Å². The van der Waals surface area contributed by atoms with Crippen LogP contribution in [0.2, 0.25) is 0 Å². The number of rotatable bonds is 0. The molecule has 1 aliphatic heterocycles. The fourth-order valence-electron chi connectivity index (χ4n) is 2.55. The van der Waals surface area contributed by atoms with Crippen molar-refractivity contribution in [2.45, 2.75) is 44.6 Å². The predicted molar refractivity (Wildman–Crippen MR) is 51.7 cm³/mol. The lowest BCUT2D eigenvalue weighted by atomic mass is 9.81. The molecule has 2 atom stereocenters. The van der Waals surface area contributed by atoms with Crippen LogP contribution < -0.4 is 10.6 Å². The average Bonchev–Trinajstić information content (AvgIpc) is 2.31. The molecule has 2 N–H and O–H groups in total. The smallest absolute Gasteiger partial charge is 0.322 e. The van der Waals surface area contributed by atoms with E-state index in [-0.39, 0.29) is 17.9 Å². The molecule has 1 spiro atoms. The molecule has 2 rings (SSSR count). The third-order valence-electron chi connectivity index (χ3n) is 3.52. The van der Waals surface area contributed by atoms with Gasteiger partial charge < -0.3 is 5.32 Å². The first-order chi connectivity index (χ1) is 6.65. The number of carbonyl (C=O) groups is 2. The van der Waals surface area contributed by atoms with Crippen LogP contribution in [0, 0.1) is 5.92 Å². The van der Waals surface area contributed by atoms with Crippen LogP contribution in [0.25, 0.3) is 0 Å². The lowest BCUT2D eigenvalue weighted by Gasteiger charge is -2.30. The molecule has 0 aromatic heterocycles. The summed E-state index contributed by atoms with van der Waals surface area (Å²) in [6.07, 6.45) is 5.15. The maximum atomic E-state index is 11.7. The summed E-state index contributed by atoms with van der Waals surface area (Å²) in [6, 6.07) is -0.330. The molecule has 1 saturated carbocycles. The van der Waals surface area contributed by atoms with Crippen LogP contribution in [-0.4, -0.2) is 17.5 Å². The van der Waals surface area contributed by atoms with Crippen molar-refractivity contribution in [2.24, 2.45) is 5.92 Å². The zero-order valence-electron chi connectivity index (χ0n) is 8.43. The fourth-order valence-corrected chi connectivity index (χ4v) is 2.55. The molecule has 0 bridgehead atoms. The molecule has 0 radical (unpaired) electrons. The normalized spacial score (nSPS) is 37.9. The van der Waals surface area contributed by atoms with Gasteiger partial charge in [0.15, 0.2) is 0 Å². The Bertz CT molecular complexity index is 277. The molecule has 0 unspecified atom stereocenters. The highest BCUT2D eigenvalue weighted by molar-refractivity contribution is 6.07. The SMILES string of the molecule is C[C@@H]1CCCCC[C@]12NC(=O)NC2=O. The number of hydrogen-bond donors (Lipinski definition) is 2. The van der Waals surface area contributed by atoms with Gasteiger partial charge in [0.2, 0.25) is 0 Å². The number of imide groups is 1. The Labute approximate surface area is 83.4 Å². The van der Waals surface area contributed by atoms with E-state index in [0.717, 1.165) is 32.1 Å². The Hall–Kier alpha value is -1.06. The minimum Gasteiger partial charge on any atom is -0.323 e. The van der Waals surface area contributed by atoms with Gasteiger partial charge in [-0.3, -0.25) is 10.1 Å². The summed E-state index contributed by atoms with van der Waals surface area (Å²) < 4.78 is 0. The van der Waals surface area contributed by atoms with Crippen molar-refractivity contribution in [1.29, 1.82) is 0 Å². The Morgan fingerprint density at radius 1 is 1.29 bits per heavy atom. The van der Waals surface area contributed by atoms with Crippen LogP contribution in [0.15, 0.2) is 0 Å². The number of nitrogens with one attached hydrogen (secondary N) is 2. The van der Waals surface area contributed by atoms with Crippen LogP contribution in [0.5, 0.6) is 0 Å². The Morgan fingerprint density at radius 3 is 2.71 bits per heavy atom. The first kappa shape index (κ1) is 9.49. The van der Waals surface area contributed by atoms with Gasteiger partial charge >= 0.3 is 6.03 Å². The van der Waals surface area contributed by atoms with E-state index >= 15 is 0 Å². The molecule has 3 amide bonds. The third-order valence-corrected chi connectivity index (χ3v) is 3.52. The zero-order valence-corrected chi connectivity index (χ0v) is 8.43. The van der Waals surface area contributed by atoms with Gasteiger partial charge in [-0.1, -0.05) is 26.2 Å². The van der Waals surface area contributed by atoms with E-state index in [2.05, 4.69) is 17.6 Å². The van der Waals surface area contributed by atoms with Gasteiger partial charge in [-0.05, 0) is 18.8 Å². The van der Waals surface area contributed by atoms with Crippen LogP contribution >= 0.6 is 0 Å². The van der Waals surface area contributed by atoms with Crippen LogP contribution in [0.4, 0.5) is 4.79 Å². The molecule has 0 aromatic carbocycles. The molecule has 1 aliphatic carbocycles. The van der Waals surface area contributed by atoms with Crippen molar-refractivity contribution in [3.8, 4) is 0 Å². The van der Waals surface area contributed by atoms with E-state index in [9.17, 15) is 9.59 Å². The molecule has 2 aliphatic rings. The fraction of sp³-hybridized carbons (Fsp3) is 0.800. The summed E-state index contributed by atoms with van der Waals surface area (Å²) in [5, 5.41) is 5.16. The van der Waals surface area contributed by atoms with E-state index in [4.69, 9.17) is 0 Å². The highest BCUT2D eigenvalue weighted by atomic mass is 16.2. The van der Waals surface area contributed by atoms with Crippen LogP contribution in [-0.2, 0) is 4.79 Å². The molecule has 78 valence electrons. The van der Waals surface area contributed by atoms with Gasteiger partial charge in [0.05, 0.1) is 0 Å². The minimum absolute atomic E-state index is 0.128. The molecule has 0 aromatic rings. The summed E-state index contributed by atoms with van der Waals surface area (Å²) in [6.45, 7) is 2.05. The van der Waals surface area contributed by atoms with Crippen LogP contribution in [0.1, 0.15) is 39.0 Å². The second kappa shape index (κ2) is 3.26. The van der Waals surface area contributed by atoms with Gasteiger partial charge in [0, 0.05) is 0 Å². The molecule has 4 nitrogen and oxygen atoms in total. The van der Waals surface area contributed by atoms with Crippen molar-refractivity contribution < 1.29 is 9.59 Å². The first-order valence-electron chi connectivity index (χ1n) is 5.29. The van der Waals surface area contributed by atoms with Crippen LogP contribution in [0.3, 0.4) is 0 Å². The van der Waals surface area contributed by atoms with Crippen molar-refractivity contribution in [2.75, 3.05) is 0 Å². The standard InChI is InChI=1S/C10H16N2O2/c1-7-5-3-2-4-6-10(7)8(13)11-9(14)12-10/h7H,2-6H2,1H3,(H2,11,12,13,14)/t7-,10+/m1/s1. The molecule has 14 heavy (non-hydrogen) atoms. The minimum atomic E-state index is -0.604. The number of hydrogen-bond acceptors (Lipinski definition) is 2. The van der Waals surface area contributed by atoms with Crippen molar-refractivity contribution >= 4 is 11.9 Å². The Kier molecular flexibility index (Phi) is 2.21. The Morgan fingerprint density at radius 2 is 2.07 bits per heavy atom. The zero-order chi connectivity index (χ0) is 10.2. The predicted octanol–water partition coefficient (Wildman–Crippen LogP) is 1.16. The van der Waals surface area contributed by atoms with Gasteiger partial charge in [-0.25, -0.2) is 4.79 Å². The molecular weight excluding hydrogens is 180 g/mol. The average molecular weight is 196 g/mol. The van der Waals surface area contributed by atoms with E-state index in [1.807, 2.05) is 0 Å². The summed E-state index contributed by atoms with van der Waals surface area (Å²) >= 11 is 0. The van der Waals surface area contributed by atoms with Gasteiger partial charge in [-0.15, -0.1) is 0 Å². The number of carbonyl (C=O) groups excluding carboxylic acids is 2. The summed E-state index contributed by atoms with van der Waals surface area (Å²) in [4.78, 5) is 22.9. The largest absolute Gasteiger partial charge is 0.323 e. The third kappa shape index (κ3) is 1.29. The van der Waals surface area contributed by atoms with Crippen molar-refractivity contribution in [1.82, 2.24) is 10.6 Å².